The molecule has 0 fully saturated rings. The summed E-state index contributed by atoms with van der Waals surface area (Å²) in [6.07, 6.45) is 3.36. The van der Waals surface area contributed by atoms with Crippen LogP contribution in [0.3, 0.4) is 0 Å². The van der Waals surface area contributed by atoms with E-state index < -0.39 is 5.91 Å². The molecule has 0 aromatic rings. The number of nitrogens with two attached hydrogens (primary N) is 1. The molecule has 0 aromatic heterocycles. The molecule has 0 rings (SSSR count). The van der Waals surface area contributed by atoms with Crippen LogP contribution in [-0.2, 0) is 4.79 Å². The van der Waals surface area contributed by atoms with E-state index in [0.29, 0.717) is 6.42 Å². The molecule has 0 aliphatic carbocycles. The highest BCUT2D eigenvalue weighted by molar-refractivity contribution is 5.73. The molecule has 3 nitrogen and oxygen atoms in total. The first-order valence-corrected chi connectivity index (χ1v) is 2.95. The number of allylic oxidation sites excluding steroid dienone is 3. The molecule has 3 N–H and O–H groups in total. The average molecular weight is 141 g/mol. The number of aliphatic hydroxyl groups excluding tert-OH is 1. The van der Waals surface area contributed by atoms with E-state index in [2.05, 4.69) is 6.58 Å². The fraction of sp³-hybridized carbons (Fsp3) is 0.286. The maximum atomic E-state index is 10.2. The number of primary amides is 1. The normalized spacial score (nSPS) is 11.0. The molecule has 0 aliphatic heterocycles. The molecule has 0 saturated heterocycles. The number of carbonyl (C=O) groups excluding carboxylic acids is 1. The Balaban J connectivity index is 3.58. The minimum Gasteiger partial charge on any atom is -0.512 e. The van der Waals surface area contributed by atoms with E-state index in [0.717, 1.165) is 0 Å². The lowest BCUT2D eigenvalue weighted by Crippen LogP contribution is -2.09. The van der Waals surface area contributed by atoms with Crippen molar-refractivity contribution in [2.75, 3.05) is 0 Å². The van der Waals surface area contributed by atoms with Crippen LogP contribution in [0.25, 0.3) is 0 Å². The van der Waals surface area contributed by atoms with Crippen LogP contribution in [0.5, 0.6) is 0 Å². The van der Waals surface area contributed by atoms with E-state index >= 15 is 0 Å². The maximum Gasteiger partial charge on any atom is 0.217 e. The third-order valence-corrected chi connectivity index (χ3v) is 0.938. The second-order valence-corrected chi connectivity index (χ2v) is 1.86. The molecule has 0 radical (unpaired) electrons. The van der Waals surface area contributed by atoms with Gasteiger partial charge in [-0.1, -0.05) is 12.7 Å². The molecule has 0 atom stereocenters. The Morgan fingerprint density at radius 1 is 1.60 bits per heavy atom. The lowest BCUT2D eigenvalue weighted by Gasteiger charge is -1.93. The predicted molar refractivity (Wildman–Crippen MR) is 39.3 cm³/mol. The van der Waals surface area contributed by atoms with Crippen molar-refractivity contribution in [3.8, 4) is 0 Å². The lowest BCUT2D eigenvalue weighted by atomic mass is 10.2. The van der Waals surface area contributed by atoms with Crippen LogP contribution in [-0.4, -0.2) is 11.0 Å². The number of rotatable bonds is 4. The molecule has 0 saturated carbocycles. The van der Waals surface area contributed by atoms with Crippen molar-refractivity contribution in [3.63, 3.8) is 0 Å². The number of amides is 1. The van der Waals surface area contributed by atoms with Gasteiger partial charge in [-0.25, -0.2) is 0 Å². The van der Waals surface area contributed by atoms with Crippen LogP contribution in [0.1, 0.15) is 12.8 Å². The van der Waals surface area contributed by atoms with Gasteiger partial charge in [-0.05, 0) is 6.08 Å². The first kappa shape index (κ1) is 8.75. The molecular formula is C7H11NO2. The smallest absolute Gasteiger partial charge is 0.217 e. The molecule has 56 valence electrons. The Morgan fingerprint density at radius 2 is 2.20 bits per heavy atom. The summed E-state index contributed by atoms with van der Waals surface area (Å²) in [4.78, 5) is 10.2. The third-order valence-electron chi connectivity index (χ3n) is 0.938. The van der Waals surface area contributed by atoms with Gasteiger partial charge in [-0.2, -0.15) is 0 Å². The summed E-state index contributed by atoms with van der Waals surface area (Å²) in [7, 11) is 0. The molecule has 0 aliphatic rings. The average Bonchev–Trinajstić information content (AvgIpc) is 1.85. The number of aliphatic hydroxyl groups is 1. The van der Waals surface area contributed by atoms with Gasteiger partial charge < -0.3 is 10.8 Å². The van der Waals surface area contributed by atoms with Gasteiger partial charge in [0.05, 0.1) is 5.76 Å². The SMILES string of the molecule is C=C/C=C(\O)CCC(N)=O. The quantitative estimate of drug-likeness (QED) is 0.451. The van der Waals surface area contributed by atoms with Gasteiger partial charge >= 0.3 is 0 Å². The zero-order chi connectivity index (χ0) is 7.98. The first-order valence-electron chi connectivity index (χ1n) is 2.95. The van der Waals surface area contributed by atoms with E-state index in [1.807, 2.05) is 0 Å². The van der Waals surface area contributed by atoms with E-state index in [1.54, 1.807) is 0 Å². The van der Waals surface area contributed by atoms with E-state index in [1.165, 1.54) is 12.2 Å². The highest BCUT2D eigenvalue weighted by Crippen LogP contribution is 1.99. The highest BCUT2D eigenvalue weighted by Gasteiger charge is 1.95. The van der Waals surface area contributed by atoms with Crippen LogP contribution in [0.2, 0.25) is 0 Å². The Hall–Kier alpha value is -1.25. The molecule has 0 heterocycles. The van der Waals surface area contributed by atoms with Gasteiger partial charge in [-0.3, -0.25) is 4.79 Å². The fourth-order valence-electron chi connectivity index (χ4n) is 0.471. The first-order chi connectivity index (χ1) is 4.66. The van der Waals surface area contributed by atoms with Crippen molar-refractivity contribution < 1.29 is 9.90 Å². The van der Waals surface area contributed by atoms with Gasteiger partial charge in [0.25, 0.3) is 0 Å². The third kappa shape index (κ3) is 4.90. The van der Waals surface area contributed by atoms with Gasteiger partial charge in [-0.15, -0.1) is 0 Å². The molecule has 10 heavy (non-hydrogen) atoms. The van der Waals surface area contributed by atoms with Crippen LogP contribution >= 0.6 is 0 Å². The monoisotopic (exact) mass is 141 g/mol. The number of hydrogen-bond donors (Lipinski definition) is 2. The Labute approximate surface area is 59.8 Å². The fourth-order valence-corrected chi connectivity index (χ4v) is 0.471. The standard InChI is InChI=1S/C7H11NO2/c1-2-3-6(9)4-5-7(8)10/h2-3,9H,1,4-5H2,(H2,8,10)/b6-3-. The van der Waals surface area contributed by atoms with Gasteiger partial charge in [0.1, 0.15) is 0 Å². The summed E-state index contributed by atoms with van der Waals surface area (Å²) in [5, 5.41) is 8.88. The molecule has 1 amide bonds. The van der Waals surface area contributed by atoms with Crippen molar-refractivity contribution >= 4 is 5.91 Å². The van der Waals surface area contributed by atoms with E-state index in [4.69, 9.17) is 10.8 Å². The van der Waals surface area contributed by atoms with Gasteiger partial charge in [0, 0.05) is 12.8 Å². The summed E-state index contributed by atoms with van der Waals surface area (Å²) >= 11 is 0. The Morgan fingerprint density at radius 3 is 2.60 bits per heavy atom. The minimum atomic E-state index is -0.413. The zero-order valence-electron chi connectivity index (χ0n) is 5.71. The predicted octanol–water partition coefficient (Wildman–Crippen LogP) is 0.880. The molecule has 0 bridgehead atoms. The summed E-state index contributed by atoms with van der Waals surface area (Å²) in [6.45, 7) is 3.38. The Kier molecular flexibility index (Phi) is 4.04. The molecule has 0 spiro atoms. The highest BCUT2D eigenvalue weighted by atomic mass is 16.3. The van der Waals surface area contributed by atoms with Crippen LogP contribution < -0.4 is 5.73 Å². The maximum absolute atomic E-state index is 10.2. The molecule has 0 unspecified atom stereocenters. The molecular weight excluding hydrogens is 130 g/mol. The second-order valence-electron chi connectivity index (χ2n) is 1.86. The molecule has 3 heteroatoms. The number of hydrogen-bond acceptors (Lipinski definition) is 2. The largest absolute Gasteiger partial charge is 0.512 e. The Bertz CT molecular complexity index is 161. The van der Waals surface area contributed by atoms with Crippen molar-refractivity contribution in [1.29, 1.82) is 0 Å². The van der Waals surface area contributed by atoms with Crippen LogP contribution in [0.15, 0.2) is 24.5 Å². The van der Waals surface area contributed by atoms with Crippen molar-refractivity contribution in [1.82, 2.24) is 0 Å². The summed E-state index contributed by atoms with van der Waals surface area (Å²) in [6, 6.07) is 0. The minimum absolute atomic E-state index is 0.133. The van der Waals surface area contributed by atoms with E-state index in [9.17, 15) is 4.79 Å². The molecule has 0 aromatic carbocycles. The van der Waals surface area contributed by atoms with Crippen LogP contribution in [0.4, 0.5) is 0 Å². The number of carbonyl (C=O) groups is 1. The summed E-state index contributed by atoms with van der Waals surface area (Å²) in [5.74, 6) is -0.280. The van der Waals surface area contributed by atoms with Gasteiger partial charge in [0.2, 0.25) is 5.91 Å². The van der Waals surface area contributed by atoms with Crippen molar-refractivity contribution in [3.05, 3.63) is 24.5 Å². The topological polar surface area (TPSA) is 63.3 Å². The zero-order valence-corrected chi connectivity index (χ0v) is 5.71. The lowest BCUT2D eigenvalue weighted by molar-refractivity contribution is -0.118. The van der Waals surface area contributed by atoms with Crippen LogP contribution in [0, 0.1) is 0 Å². The van der Waals surface area contributed by atoms with Crippen molar-refractivity contribution in [2.45, 2.75) is 12.8 Å². The second kappa shape index (κ2) is 4.61. The van der Waals surface area contributed by atoms with Gasteiger partial charge in [0.15, 0.2) is 0 Å². The van der Waals surface area contributed by atoms with Crippen molar-refractivity contribution in [2.24, 2.45) is 5.73 Å². The van der Waals surface area contributed by atoms with E-state index in [-0.39, 0.29) is 12.2 Å². The summed E-state index contributed by atoms with van der Waals surface area (Å²) in [5.41, 5.74) is 4.83. The summed E-state index contributed by atoms with van der Waals surface area (Å²) < 4.78 is 0.